The molecule has 0 spiro atoms. The molecule has 0 aliphatic carbocycles. The Bertz CT molecular complexity index is 623. The Kier molecular flexibility index (Phi) is 7.23. The van der Waals surface area contributed by atoms with Gasteiger partial charge in [-0.2, -0.15) is 0 Å². The van der Waals surface area contributed by atoms with Gasteiger partial charge in [-0.1, -0.05) is 6.08 Å². The van der Waals surface area contributed by atoms with Crippen molar-refractivity contribution in [2.75, 3.05) is 6.61 Å². The molecule has 7 nitrogen and oxygen atoms in total. The van der Waals surface area contributed by atoms with E-state index >= 15 is 0 Å². The second-order valence-corrected chi connectivity index (χ2v) is 8.28. The molecule has 0 unspecified atom stereocenters. The summed E-state index contributed by atoms with van der Waals surface area (Å²) in [6.45, 7) is 16.0. The third-order valence-electron chi connectivity index (χ3n) is 3.53. The highest BCUT2D eigenvalue weighted by Gasteiger charge is 2.53. The molecule has 7 heteroatoms. The smallest absolute Gasteiger partial charge is 0.415 e. The van der Waals surface area contributed by atoms with Crippen LogP contribution in [0.3, 0.4) is 0 Å². The van der Waals surface area contributed by atoms with E-state index in [1.807, 2.05) is 0 Å². The predicted molar refractivity (Wildman–Crippen MR) is 101 cm³/mol. The Balaban J connectivity index is 3.25. The van der Waals surface area contributed by atoms with E-state index in [0.717, 1.165) is 0 Å². The highest BCUT2D eigenvalue weighted by molar-refractivity contribution is 5.90. The molecular weight excluding hydrogens is 350 g/mol. The zero-order valence-corrected chi connectivity index (χ0v) is 17.3. The quantitative estimate of drug-likeness (QED) is 0.313. The summed E-state index contributed by atoms with van der Waals surface area (Å²) in [5, 5.41) is 0. The van der Waals surface area contributed by atoms with Crippen LogP contribution in [0.5, 0.6) is 0 Å². The minimum atomic E-state index is -0.891. The number of amides is 1. The number of esters is 2. The fourth-order valence-corrected chi connectivity index (χ4v) is 2.67. The van der Waals surface area contributed by atoms with Crippen LogP contribution in [-0.2, 0) is 23.8 Å². The Hall–Kier alpha value is -2.31. The Morgan fingerprint density at radius 3 is 2.07 bits per heavy atom. The maximum atomic E-state index is 12.7. The highest BCUT2D eigenvalue weighted by atomic mass is 16.6. The van der Waals surface area contributed by atoms with Crippen LogP contribution in [0.15, 0.2) is 24.4 Å². The molecule has 0 aromatic rings. The molecule has 1 rings (SSSR count). The van der Waals surface area contributed by atoms with Gasteiger partial charge < -0.3 is 14.2 Å². The number of carbonyl (C=O) groups excluding carboxylic acids is 3. The van der Waals surface area contributed by atoms with Crippen LogP contribution < -0.4 is 0 Å². The van der Waals surface area contributed by atoms with Crippen LogP contribution in [0.1, 0.15) is 54.9 Å². The number of carbonyl (C=O) groups is 3. The average Bonchev–Trinajstić information content (AvgIpc) is 2.44. The minimum Gasteiger partial charge on any atom is -0.463 e. The topological polar surface area (TPSA) is 82.1 Å². The molecule has 1 heterocycles. The van der Waals surface area contributed by atoms with Gasteiger partial charge in [0.1, 0.15) is 17.2 Å². The van der Waals surface area contributed by atoms with E-state index in [-0.39, 0.29) is 6.61 Å². The summed E-state index contributed by atoms with van der Waals surface area (Å²) in [4.78, 5) is 38.5. The van der Waals surface area contributed by atoms with E-state index < -0.39 is 41.2 Å². The maximum Gasteiger partial charge on any atom is 0.415 e. The van der Waals surface area contributed by atoms with Crippen molar-refractivity contribution in [1.29, 1.82) is 0 Å². The molecule has 0 bridgehead atoms. The first-order chi connectivity index (χ1) is 12.3. The maximum absolute atomic E-state index is 12.7. The SMILES string of the molecule is C=CC[C@H]1/C(=C\C(=O)OCC)N(C(=O)OC(C)(C)C)[C@@H]1C(=O)OC(C)(C)C. The van der Waals surface area contributed by atoms with Gasteiger partial charge >= 0.3 is 18.0 Å². The zero-order valence-electron chi connectivity index (χ0n) is 17.3. The molecule has 0 radical (unpaired) electrons. The molecule has 1 fully saturated rings. The summed E-state index contributed by atoms with van der Waals surface area (Å²) in [5.41, 5.74) is -1.11. The molecule has 0 aromatic heterocycles. The van der Waals surface area contributed by atoms with E-state index in [4.69, 9.17) is 14.2 Å². The number of ether oxygens (including phenoxy) is 3. The van der Waals surface area contributed by atoms with Gasteiger partial charge in [0, 0.05) is 17.7 Å². The molecule has 0 saturated carbocycles. The third kappa shape index (κ3) is 6.41. The minimum absolute atomic E-state index is 0.205. The Morgan fingerprint density at radius 2 is 1.63 bits per heavy atom. The second-order valence-electron chi connectivity index (χ2n) is 8.28. The van der Waals surface area contributed by atoms with Crippen molar-refractivity contribution >= 4 is 18.0 Å². The van der Waals surface area contributed by atoms with Crippen molar-refractivity contribution in [3.8, 4) is 0 Å². The van der Waals surface area contributed by atoms with Crippen molar-refractivity contribution in [2.24, 2.45) is 5.92 Å². The van der Waals surface area contributed by atoms with Crippen LogP contribution in [0.25, 0.3) is 0 Å². The number of hydrogen-bond donors (Lipinski definition) is 0. The second kappa shape index (κ2) is 8.59. The summed E-state index contributed by atoms with van der Waals surface area (Å²) in [6.07, 6.45) is 2.54. The molecule has 27 heavy (non-hydrogen) atoms. The first-order valence-electron chi connectivity index (χ1n) is 9.05. The van der Waals surface area contributed by atoms with E-state index in [9.17, 15) is 14.4 Å². The summed E-state index contributed by atoms with van der Waals surface area (Å²) >= 11 is 0. The summed E-state index contributed by atoms with van der Waals surface area (Å²) in [7, 11) is 0. The van der Waals surface area contributed by atoms with Crippen LogP contribution in [0.4, 0.5) is 4.79 Å². The molecule has 1 amide bonds. The fraction of sp³-hybridized carbons (Fsp3) is 0.650. The predicted octanol–water partition coefficient (Wildman–Crippen LogP) is 3.59. The zero-order chi connectivity index (χ0) is 21.0. The van der Waals surface area contributed by atoms with E-state index in [0.29, 0.717) is 12.1 Å². The lowest BCUT2D eigenvalue weighted by atomic mass is 9.81. The van der Waals surface area contributed by atoms with Crippen LogP contribution in [0, 0.1) is 5.92 Å². The number of rotatable bonds is 5. The average molecular weight is 381 g/mol. The monoisotopic (exact) mass is 381 g/mol. The normalized spacial score (nSPS) is 21.3. The van der Waals surface area contributed by atoms with Gasteiger partial charge in [0.05, 0.1) is 6.61 Å². The molecule has 0 aromatic carbocycles. The fourth-order valence-electron chi connectivity index (χ4n) is 2.67. The number of allylic oxidation sites excluding steroid dienone is 1. The molecule has 1 aliphatic heterocycles. The van der Waals surface area contributed by atoms with Gasteiger partial charge in [0.2, 0.25) is 0 Å². The first-order valence-corrected chi connectivity index (χ1v) is 9.05. The molecule has 1 aliphatic rings. The first kappa shape index (κ1) is 22.7. The number of likely N-dealkylation sites (tertiary alicyclic amines) is 1. The van der Waals surface area contributed by atoms with Gasteiger partial charge in [-0.05, 0) is 54.9 Å². The largest absolute Gasteiger partial charge is 0.463 e. The molecule has 0 N–H and O–H groups in total. The van der Waals surface area contributed by atoms with E-state index in [1.54, 1.807) is 54.5 Å². The van der Waals surface area contributed by atoms with Crippen molar-refractivity contribution in [2.45, 2.75) is 72.1 Å². The van der Waals surface area contributed by atoms with Gasteiger partial charge in [-0.25, -0.2) is 14.4 Å². The Morgan fingerprint density at radius 1 is 1.07 bits per heavy atom. The lowest BCUT2D eigenvalue weighted by Crippen LogP contribution is -2.62. The summed E-state index contributed by atoms with van der Waals surface area (Å²) in [5.74, 6) is -1.56. The lowest BCUT2D eigenvalue weighted by Gasteiger charge is -2.48. The molecule has 152 valence electrons. The van der Waals surface area contributed by atoms with E-state index in [1.165, 1.54) is 11.0 Å². The van der Waals surface area contributed by atoms with E-state index in [2.05, 4.69) is 6.58 Å². The highest BCUT2D eigenvalue weighted by Crippen LogP contribution is 2.41. The van der Waals surface area contributed by atoms with Crippen LogP contribution in [-0.4, -0.2) is 46.8 Å². The number of hydrogen-bond acceptors (Lipinski definition) is 6. The van der Waals surface area contributed by atoms with Gasteiger partial charge in [-0.15, -0.1) is 6.58 Å². The van der Waals surface area contributed by atoms with Crippen molar-refractivity contribution in [3.05, 3.63) is 24.4 Å². The van der Waals surface area contributed by atoms with Crippen molar-refractivity contribution in [1.82, 2.24) is 4.90 Å². The van der Waals surface area contributed by atoms with Gasteiger partial charge in [-0.3, -0.25) is 4.90 Å². The van der Waals surface area contributed by atoms with Gasteiger partial charge in [0.25, 0.3) is 0 Å². The van der Waals surface area contributed by atoms with Crippen LogP contribution in [0.2, 0.25) is 0 Å². The van der Waals surface area contributed by atoms with Crippen molar-refractivity contribution < 1.29 is 28.6 Å². The molecular formula is C20H31NO6. The summed E-state index contributed by atoms with van der Waals surface area (Å²) < 4.78 is 15.8. The standard InChI is InChI=1S/C20H31NO6/c1-9-11-13-14(12-15(22)25-10-2)21(18(24)27-20(6,7)8)16(13)17(23)26-19(3,4)5/h9,12-13,16H,1,10-11H2,2-8H3/b14-12+/t13-,16-/m0/s1. The molecule has 1 saturated heterocycles. The number of nitrogens with zero attached hydrogens (tertiary/aromatic N) is 1. The van der Waals surface area contributed by atoms with Crippen molar-refractivity contribution in [3.63, 3.8) is 0 Å². The third-order valence-corrected chi connectivity index (χ3v) is 3.53. The van der Waals surface area contributed by atoms with Crippen LogP contribution >= 0.6 is 0 Å². The summed E-state index contributed by atoms with van der Waals surface area (Å²) in [6, 6.07) is -0.891. The molecule has 2 atom stereocenters. The van der Waals surface area contributed by atoms with Gasteiger partial charge in [0.15, 0.2) is 0 Å². The Labute approximate surface area is 161 Å². The lowest BCUT2D eigenvalue weighted by molar-refractivity contribution is -0.167.